The van der Waals surface area contributed by atoms with Crippen molar-refractivity contribution in [3.05, 3.63) is 0 Å². The fourth-order valence-corrected chi connectivity index (χ4v) is 1.71. The lowest BCUT2D eigenvalue weighted by molar-refractivity contribution is 0.251. The number of likely N-dealkylation sites (N-methyl/N-ethyl adjacent to an activating group) is 1. The molecule has 0 aromatic carbocycles. The molecule has 11 heavy (non-hydrogen) atoms. The number of nitrogens with zero attached hydrogens (tertiary/aromatic N) is 1. The SMILES string of the molecule is CCC1(C)CN(C)CCCN1. The molecule has 1 unspecified atom stereocenters. The van der Waals surface area contributed by atoms with Gasteiger partial charge in [0.25, 0.3) is 0 Å². The van der Waals surface area contributed by atoms with Crippen LogP contribution in [0.3, 0.4) is 0 Å². The van der Waals surface area contributed by atoms with E-state index in [9.17, 15) is 0 Å². The maximum absolute atomic E-state index is 3.60. The molecule has 0 amide bonds. The topological polar surface area (TPSA) is 15.3 Å². The van der Waals surface area contributed by atoms with Crippen LogP contribution in [0.5, 0.6) is 0 Å². The molecule has 1 saturated heterocycles. The molecule has 1 N–H and O–H groups in total. The Balaban J connectivity index is 2.51. The zero-order valence-corrected chi connectivity index (χ0v) is 7.98. The zero-order valence-electron chi connectivity index (χ0n) is 7.98. The van der Waals surface area contributed by atoms with Gasteiger partial charge in [-0.2, -0.15) is 0 Å². The molecule has 1 aliphatic heterocycles. The maximum atomic E-state index is 3.60. The zero-order chi connectivity index (χ0) is 8.32. The molecule has 0 aliphatic carbocycles. The monoisotopic (exact) mass is 156 g/mol. The van der Waals surface area contributed by atoms with Gasteiger partial charge in [-0.15, -0.1) is 0 Å². The molecular weight excluding hydrogens is 136 g/mol. The smallest absolute Gasteiger partial charge is 0.0277 e. The average molecular weight is 156 g/mol. The fraction of sp³-hybridized carbons (Fsp3) is 1.00. The first-order valence-electron chi connectivity index (χ1n) is 4.60. The molecule has 2 heteroatoms. The van der Waals surface area contributed by atoms with E-state index in [4.69, 9.17) is 0 Å². The first-order valence-corrected chi connectivity index (χ1v) is 4.60. The van der Waals surface area contributed by atoms with Gasteiger partial charge >= 0.3 is 0 Å². The van der Waals surface area contributed by atoms with Crippen LogP contribution < -0.4 is 5.32 Å². The van der Waals surface area contributed by atoms with Crippen LogP contribution in [0.25, 0.3) is 0 Å². The number of rotatable bonds is 1. The van der Waals surface area contributed by atoms with E-state index in [1.807, 2.05) is 0 Å². The third-order valence-corrected chi connectivity index (χ3v) is 2.67. The standard InChI is InChI=1S/C9H20N2/c1-4-9(2)8-11(3)7-5-6-10-9/h10H,4-8H2,1-3H3. The molecule has 0 aromatic heterocycles. The molecule has 1 aliphatic rings. The molecule has 0 saturated carbocycles. The van der Waals surface area contributed by atoms with Crippen LogP contribution in [-0.2, 0) is 0 Å². The third kappa shape index (κ3) is 2.46. The Bertz CT molecular complexity index is 125. The van der Waals surface area contributed by atoms with E-state index < -0.39 is 0 Å². The molecular formula is C9H20N2. The van der Waals surface area contributed by atoms with Crippen LogP contribution in [0.4, 0.5) is 0 Å². The van der Waals surface area contributed by atoms with Gasteiger partial charge in [-0.25, -0.2) is 0 Å². The summed E-state index contributed by atoms with van der Waals surface area (Å²) < 4.78 is 0. The van der Waals surface area contributed by atoms with Crippen molar-refractivity contribution in [2.75, 3.05) is 26.7 Å². The predicted octanol–water partition coefficient (Wildman–Crippen LogP) is 1.08. The summed E-state index contributed by atoms with van der Waals surface area (Å²) in [5, 5.41) is 3.60. The van der Waals surface area contributed by atoms with E-state index in [0.29, 0.717) is 5.54 Å². The van der Waals surface area contributed by atoms with Crippen LogP contribution >= 0.6 is 0 Å². The fourth-order valence-electron chi connectivity index (χ4n) is 1.71. The Hall–Kier alpha value is -0.0800. The Morgan fingerprint density at radius 3 is 2.91 bits per heavy atom. The molecule has 0 radical (unpaired) electrons. The normalized spacial score (nSPS) is 35.2. The van der Waals surface area contributed by atoms with Crippen LogP contribution in [0, 0.1) is 0 Å². The van der Waals surface area contributed by atoms with Gasteiger partial charge in [-0.1, -0.05) is 6.92 Å². The second-order valence-corrected chi connectivity index (χ2v) is 3.93. The summed E-state index contributed by atoms with van der Waals surface area (Å²) in [5.41, 5.74) is 0.352. The van der Waals surface area contributed by atoms with E-state index in [-0.39, 0.29) is 0 Å². The minimum absolute atomic E-state index is 0.352. The average Bonchev–Trinajstić information content (AvgIpc) is 2.13. The molecule has 0 bridgehead atoms. The number of hydrogen-bond acceptors (Lipinski definition) is 2. The highest BCUT2D eigenvalue weighted by Gasteiger charge is 2.24. The van der Waals surface area contributed by atoms with Gasteiger partial charge in [0.05, 0.1) is 0 Å². The van der Waals surface area contributed by atoms with E-state index >= 15 is 0 Å². The molecule has 66 valence electrons. The van der Waals surface area contributed by atoms with Gasteiger partial charge in [0, 0.05) is 12.1 Å². The first-order chi connectivity index (χ1) is 5.16. The second-order valence-electron chi connectivity index (χ2n) is 3.93. The highest BCUT2D eigenvalue weighted by molar-refractivity contribution is 4.86. The summed E-state index contributed by atoms with van der Waals surface area (Å²) in [7, 11) is 2.21. The molecule has 0 spiro atoms. The van der Waals surface area contributed by atoms with Crippen molar-refractivity contribution >= 4 is 0 Å². The van der Waals surface area contributed by atoms with Crippen LogP contribution in [0.1, 0.15) is 26.7 Å². The highest BCUT2D eigenvalue weighted by atomic mass is 15.2. The molecule has 2 nitrogen and oxygen atoms in total. The van der Waals surface area contributed by atoms with E-state index in [2.05, 4.69) is 31.1 Å². The van der Waals surface area contributed by atoms with E-state index in [0.717, 1.165) is 0 Å². The summed E-state index contributed by atoms with van der Waals surface area (Å²) in [6.07, 6.45) is 2.50. The van der Waals surface area contributed by atoms with Crippen LogP contribution in [-0.4, -0.2) is 37.1 Å². The van der Waals surface area contributed by atoms with Crippen molar-refractivity contribution in [1.29, 1.82) is 0 Å². The Morgan fingerprint density at radius 2 is 2.27 bits per heavy atom. The first kappa shape index (κ1) is 9.01. The predicted molar refractivity (Wildman–Crippen MR) is 48.8 cm³/mol. The van der Waals surface area contributed by atoms with Crippen LogP contribution in [0.15, 0.2) is 0 Å². The molecule has 1 atom stereocenters. The highest BCUT2D eigenvalue weighted by Crippen LogP contribution is 2.13. The third-order valence-electron chi connectivity index (χ3n) is 2.67. The summed E-state index contributed by atoms with van der Waals surface area (Å²) in [4.78, 5) is 2.42. The summed E-state index contributed by atoms with van der Waals surface area (Å²) in [6, 6.07) is 0. The Labute approximate surface area is 70.0 Å². The molecule has 1 fully saturated rings. The largest absolute Gasteiger partial charge is 0.310 e. The van der Waals surface area contributed by atoms with E-state index in [1.54, 1.807) is 0 Å². The lowest BCUT2D eigenvalue weighted by atomic mass is 9.99. The van der Waals surface area contributed by atoms with Gasteiger partial charge in [0.15, 0.2) is 0 Å². The van der Waals surface area contributed by atoms with E-state index in [1.165, 1.54) is 32.5 Å². The Morgan fingerprint density at radius 1 is 1.55 bits per heavy atom. The van der Waals surface area contributed by atoms with Crippen LogP contribution in [0.2, 0.25) is 0 Å². The van der Waals surface area contributed by atoms with Gasteiger partial charge < -0.3 is 10.2 Å². The van der Waals surface area contributed by atoms with Crippen molar-refractivity contribution < 1.29 is 0 Å². The lowest BCUT2D eigenvalue weighted by Crippen LogP contribution is -2.47. The number of hydrogen-bond donors (Lipinski definition) is 1. The lowest BCUT2D eigenvalue weighted by Gasteiger charge is -2.30. The van der Waals surface area contributed by atoms with Gasteiger partial charge in [-0.05, 0) is 39.9 Å². The Kier molecular flexibility index (Phi) is 2.90. The molecule has 0 aromatic rings. The van der Waals surface area contributed by atoms with Crippen molar-refractivity contribution in [1.82, 2.24) is 10.2 Å². The molecule has 1 rings (SSSR count). The summed E-state index contributed by atoms with van der Waals surface area (Å²) >= 11 is 0. The van der Waals surface area contributed by atoms with Crippen molar-refractivity contribution in [2.24, 2.45) is 0 Å². The van der Waals surface area contributed by atoms with Gasteiger partial charge in [0.2, 0.25) is 0 Å². The van der Waals surface area contributed by atoms with Gasteiger partial charge in [0.1, 0.15) is 0 Å². The second kappa shape index (κ2) is 3.55. The number of nitrogens with one attached hydrogen (secondary N) is 1. The minimum Gasteiger partial charge on any atom is -0.310 e. The summed E-state index contributed by atoms with van der Waals surface area (Å²) in [5.74, 6) is 0. The van der Waals surface area contributed by atoms with Gasteiger partial charge in [-0.3, -0.25) is 0 Å². The van der Waals surface area contributed by atoms with Crippen molar-refractivity contribution in [2.45, 2.75) is 32.2 Å². The molecule has 1 heterocycles. The van der Waals surface area contributed by atoms with Crippen molar-refractivity contribution in [3.8, 4) is 0 Å². The quantitative estimate of drug-likeness (QED) is 0.611. The van der Waals surface area contributed by atoms with Crippen molar-refractivity contribution in [3.63, 3.8) is 0 Å². The summed E-state index contributed by atoms with van der Waals surface area (Å²) in [6.45, 7) is 8.17. The maximum Gasteiger partial charge on any atom is 0.0277 e. The minimum atomic E-state index is 0.352.